The van der Waals surface area contributed by atoms with Crippen molar-refractivity contribution in [3.63, 3.8) is 0 Å². The summed E-state index contributed by atoms with van der Waals surface area (Å²) in [5.74, 6) is 0.677. The minimum absolute atomic E-state index is 0.00580. The van der Waals surface area contributed by atoms with Gasteiger partial charge in [0.2, 0.25) is 0 Å². The SMILES string of the molecule is CCC(CNCC1CCN(C)CC1)C(=O)OC. The second-order valence-electron chi connectivity index (χ2n) is 5.03. The van der Waals surface area contributed by atoms with Gasteiger partial charge in [0, 0.05) is 6.54 Å². The molecule has 1 rings (SSSR count). The number of hydrogen-bond acceptors (Lipinski definition) is 4. The molecule has 0 radical (unpaired) electrons. The van der Waals surface area contributed by atoms with E-state index in [2.05, 4.69) is 17.3 Å². The van der Waals surface area contributed by atoms with Crippen LogP contribution in [0.3, 0.4) is 0 Å². The molecule has 100 valence electrons. The maximum Gasteiger partial charge on any atom is 0.309 e. The van der Waals surface area contributed by atoms with Crippen molar-refractivity contribution < 1.29 is 9.53 Å². The van der Waals surface area contributed by atoms with Gasteiger partial charge in [0.1, 0.15) is 0 Å². The fraction of sp³-hybridized carbons (Fsp3) is 0.923. The standard InChI is InChI=1S/C13H26N2O2/c1-4-12(13(16)17-3)10-14-9-11-5-7-15(2)8-6-11/h11-12,14H,4-10H2,1-3H3. The monoisotopic (exact) mass is 242 g/mol. The van der Waals surface area contributed by atoms with E-state index >= 15 is 0 Å². The molecule has 0 saturated carbocycles. The zero-order valence-corrected chi connectivity index (χ0v) is 11.4. The topological polar surface area (TPSA) is 41.6 Å². The molecular weight excluding hydrogens is 216 g/mol. The van der Waals surface area contributed by atoms with E-state index in [1.165, 1.54) is 33.0 Å². The van der Waals surface area contributed by atoms with Gasteiger partial charge in [0.15, 0.2) is 0 Å². The van der Waals surface area contributed by atoms with Gasteiger partial charge in [-0.2, -0.15) is 0 Å². The molecule has 1 unspecified atom stereocenters. The molecule has 1 heterocycles. The molecule has 0 aromatic carbocycles. The Morgan fingerprint density at radius 3 is 2.65 bits per heavy atom. The summed E-state index contributed by atoms with van der Waals surface area (Å²) in [7, 11) is 3.63. The molecule has 1 fully saturated rings. The van der Waals surface area contributed by atoms with Crippen LogP contribution in [0.25, 0.3) is 0 Å². The van der Waals surface area contributed by atoms with Gasteiger partial charge < -0.3 is 15.0 Å². The molecule has 0 aromatic rings. The normalized spacial score (nSPS) is 20.2. The van der Waals surface area contributed by atoms with Crippen LogP contribution < -0.4 is 5.32 Å². The summed E-state index contributed by atoms with van der Waals surface area (Å²) in [6.45, 7) is 6.19. The molecular formula is C13H26N2O2. The molecule has 17 heavy (non-hydrogen) atoms. The number of methoxy groups -OCH3 is 1. The van der Waals surface area contributed by atoms with E-state index in [4.69, 9.17) is 4.74 Å². The Bertz CT molecular complexity index is 225. The maximum absolute atomic E-state index is 11.4. The highest BCUT2D eigenvalue weighted by atomic mass is 16.5. The van der Waals surface area contributed by atoms with E-state index in [-0.39, 0.29) is 11.9 Å². The van der Waals surface area contributed by atoms with Gasteiger partial charge in [-0.1, -0.05) is 6.92 Å². The van der Waals surface area contributed by atoms with Gasteiger partial charge in [-0.3, -0.25) is 4.79 Å². The highest BCUT2D eigenvalue weighted by Crippen LogP contribution is 2.15. The van der Waals surface area contributed by atoms with Crippen LogP contribution in [0.15, 0.2) is 0 Å². The number of esters is 1. The summed E-state index contributed by atoms with van der Waals surface area (Å²) in [5, 5.41) is 3.42. The number of rotatable bonds is 6. The lowest BCUT2D eigenvalue weighted by Crippen LogP contribution is -2.37. The zero-order valence-electron chi connectivity index (χ0n) is 11.4. The molecule has 1 aliphatic rings. The lowest BCUT2D eigenvalue weighted by Gasteiger charge is -2.29. The van der Waals surface area contributed by atoms with Gasteiger partial charge >= 0.3 is 5.97 Å². The second kappa shape index (κ2) is 7.67. The minimum Gasteiger partial charge on any atom is -0.469 e. The maximum atomic E-state index is 11.4. The van der Waals surface area contributed by atoms with Crippen LogP contribution in [-0.2, 0) is 9.53 Å². The first-order valence-electron chi connectivity index (χ1n) is 6.64. The predicted octanol–water partition coefficient (Wildman–Crippen LogP) is 1.12. The summed E-state index contributed by atoms with van der Waals surface area (Å²) in [6, 6.07) is 0. The first kappa shape index (κ1) is 14.5. The van der Waals surface area contributed by atoms with Crippen molar-refractivity contribution in [2.24, 2.45) is 11.8 Å². The van der Waals surface area contributed by atoms with Crippen LogP contribution in [-0.4, -0.2) is 51.2 Å². The highest BCUT2D eigenvalue weighted by Gasteiger charge is 2.19. The molecule has 1 N–H and O–H groups in total. The van der Waals surface area contributed by atoms with Crippen LogP contribution in [0.2, 0.25) is 0 Å². The Balaban J connectivity index is 2.16. The molecule has 1 saturated heterocycles. The second-order valence-corrected chi connectivity index (χ2v) is 5.03. The number of nitrogens with zero attached hydrogens (tertiary/aromatic N) is 1. The molecule has 0 aliphatic carbocycles. The van der Waals surface area contributed by atoms with Crippen LogP contribution in [0.5, 0.6) is 0 Å². The number of carbonyl (C=O) groups is 1. The van der Waals surface area contributed by atoms with Gasteiger partial charge in [-0.25, -0.2) is 0 Å². The van der Waals surface area contributed by atoms with Crippen molar-refractivity contribution in [2.75, 3.05) is 40.3 Å². The summed E-state index contributed by atoms with van der Waals surface area (Å²) in [6.07, 6.45) is 3.37. The average Bonchev–Trinajstić information content (AvgIpc) is 2.36. The van der Waals surface area contributed by atoms with Gasteiger partial charge in [-0.15, -0.1) is 0 Å². The molecule has 0 aromatic heterocycles. The van der Waals surface area contributed by atoms with E-state index < -0.39 is 0 Å². The Labute approximate surface area is 105 Å². The Morgan fingerprint density at radius 2 is 2.12 bits per heavy atom. The van der Waals surface area contributed by atoms with Crippen LogP contribution in [0.1, 0.15) is 26.2 Å². The first-order valence-corrected chi connectivity index (χ1v) is 6.64. The number of ether oxygens (including phenoxy) is 1. The van der Waals surface area contributed by atoms with Gasteiger partial charge in [-0.05, 0) is 51.9 Å². The third-order valence-corrected chi connectivity index (χ3v) is 3.69. The fourth-order valence-corrected chi connectivity index (χ4v) is 2.29. The number of piperidine rings is 1. The van der Waals surface area contributed by atoms with E-state index in [0.29, 0.717) is 0 Å². The van der Waals surface area contributed by atoms with Crippen LogP contribution in [0.4, 0.5) is 0 Å². The Morgan fingerprint density at radius 1 is 1.47 bits per heavy atom. The van der Waals surface area contributed by atoms with Crippen molar-refractivity contribution in [3.05, 3.63) is 0 Å². The van der Waals surface area contributed by atoms with Crippen molar-refractivity contribution in [1.29, 1.82) is 0 Å². The van der Waals surface area contributed by atoms with Gasteiger partial charge in [0.25, 0.3) is 0 Å². The third-order valence-electron chi connectivity index (χ3n) is 3.69. The van der Waals surface area contributed by atoms with Gasteiger partial charge in [0.05, 0.1) is 13.0 Å². The minimum atomic E-state index is -0.0941. The largest absolute Gasteiger partial charge is 0.469 e. The first-order chi connectivity index (χ1) is 8.17. The Kier molecular flexibility index (Phi) is 6.52. The number of likely N-dealkylation sites (tertiary alicyclic amines) is 1. The van der Waals surface area contributed by atoms with Crippen LogP contribution >= 0.6 is 0 Å². The fourth-order valence-electron chi connectivity index (χ4n) is 2.29. The van der Waals surface area contributed by atoms with Crippen molar-refractivity contribution in [1.82, 2.24) is 10.2 Å². The van der Waals surface area contributed by atoms with Crippen LogP contribution in [0, 0.1) is 11.8 Å². The van der Waals surface area contributed by atoms with E-state index in [9.17, 15) is 4.79 Å². The molecule has 4 heteroatoms. The van der Waals surface area contributed by atoms with E-state index in [0.717, 1.165) is 25.4 Å². The number of carbonyl (C=O) groups excluding carboxylic acids is 1. The van der Waals surface area contributed by atoms with Crippen molar-refractivity contribution in [3.8, 4) is 0 Å². The number of nitrogens with one attached hydrogen (secondary N) is 1. The summed E-state index contributed by atoms with van der Waals surface area (Å²) < 4.78 is 4.77. The predicted molar refractivity (Wildman–Crippen MR) is 68.9 cm³/mol. The highest BCUT2D eigenvalue weighted by molar-refractivity contribution is 5.72. The average molecular weight is 242 g/mol. The van der Waals surface area contributed by atoms with E-state index in [1.54, 1.807) is 0 Å². The van der Waals surface area contributed by atoms with Crippen molar-refractivity contribution >= 4 is 5.97 Å². The molecule has 4 nitrogen and oxygen atoms in total. The molecule has 0 bridgehead atoms. The summed E-state index contributed by atoms with van der Waals surface area (Å²) in [4.78, 5) is 13.8. The zero-order chi connectivity index (χ0) is 12.7. The van der Waals surface area contributed by atoms with E-state index in [1.807, 2.05) is 6.92 Å². The molecule has 1 aliphatic heterocycles. The lowest BCUT2D eigenvalue weighted by atomic mass is 9.97. The third kappa shape index (κ3) is 5.04. The van der Waals surface area contributed by atoms with Crippen molar-refractivity contribution in [2.45, 2.75) is 26.2 Å². The summed E-state index contributed by atoms with van der Waals surface area (Å²) >= 11 is 0. The quantitative estimate of drug-likeness (QED) is 0.709. The number of hydrogen-bond donors (Lipinski definition) is 1. The lowest BCUT2D eigenvalue weighted by molar-refractivity contribution is -0.145. The molecule has 0 amide bonds. The Hall–Kier alpha value is -0.610. The smallest absolute Gasteiger partial charge is 0.309 e. The summed E-state index contributed by atoms with van der Waals surface area (Å²) in [5.41, 5.74) is 0. The molecule has 0 spiro atoms. The molecule has 1 atom stereocenters.